The standard InChI is InChI=1S/C11H17NO3S/c1-3-16(13,14)8-7-12-10-5-4-6-11(9-10)15-2/h4-6,9,12H,3,7-8H2,1-2H3. The van der Waals surface area contributed by atoms with Gasteiger partial charge in [0.15, 0.2) is 9.84 Å². The highest BCUT2D eigenvalue weighted by molar-refractivity contribution is 7.91. The number of rotatable bonds is 6. The van der Waals surface area contributed by atoms with Crippen molar-refractivity contribution in [1.82, 2.24) is 0 Å². The van der Waals surface area contributed by atoms with Crippen molar-refractivity contribution < 1.29 is 13.2 Å². The summed E-state index contributed by atoms with van der Waals surface area (Å²) in [5.41, 5.74) is 0.866. The highest BCUT2D eigenvalue weighted by Gasteiger charge is 2.06. The van der Waals surface area contributed by atoms with Gasteiger partial charge in [-0.1, -0.05) is 13.0 Å². The van der Waals surface area contributed by atoms with E-state index in [2.05, 4.69) is 5.32 Å². The Balaban J connectivity index is 2.49. The molecule has 0 spiro atoms. The molecule has 0 bridgehead atoms. The van der Waals surface area contributed by atoms with E-state index in [1.807, 2.05) is 24.3 Å². The van der Waals surface area contributed by atoms with Crippen LogP contribution < -0.4 is 10.1 Å². The zero-order chi connectivity index (χ0) is 12.0. The maximum absolute atomic E-state index is 11.2. The largest absolute Gasteiger partial charge is 0.497 e. The van der Waals surface area contributed by atoms with Crippen LogP contribution in [0.3, 0.4) is 0 Å². The Hall–Kier alpha value is -1.23. The van der Waals surface area contributed by atoms with Crippen LogP contribution in [0.25, 0.3) is 0 Å². The van der Waals surface area contributed by atoms with E-state index in [4.69, 9.17) is 4.74 Å². The Kier molecular flexibility index (Phi) is 4.61. The van der Waals surface area contributed by atoms with Crippen molar-refractivity contribution in [3.63, 3.8) is 0 Å². The molecule has 1 aromatic carbocycles. The average molecular weight is 243 g/mol. The summed E-state index contributed by atoms with van der Waals surface area (Å²) in [6, 6.07) is 7.41. The Morgan fingerprint density at radius 3 is 2.75 bits per heavy atom. The summed E-state index contributed by atoms with van der Waals surface area (Å²) in [6.45, 7) is 2.07. The van der Waals surface area contributed by atoms with Crippen molar-refractivity contribution in [2.45, 2.75) is 6.92 Å². The average Bonchev–Trinajstić information content (AvgIpc) is 2.29. The number of hydrogen-bond donors (Lipinski definition) is 1. The van der Waals surface area contributed by atoms with E-state index in [9.17, 15) is 8.42 Å². The second-order valence-corrected chi connectivity index (χ2v) is 5.87. The zero-order valence-corrected chi connectivity index (χ0v) is 10.4. The van der Waals surface area contributed by atoms with E-state index in [1.165, 1.54) is 0 Å². The third-order valence-corrected chi connectivity index (χ3v) is 3.96. The first-order valence-electron chi connectivity index (χ1n) is 5.16. The molecule has 0 radical (unpaired) electrons. The molecule has 90 valence electrons. The van der Waals surface area contributed by atoms with E-state index < -0.39 is 9.84 Å². The summed E-state index contributed by atoms with van der Waals surface area (Å²) in [5.74, 6) is 1.09. The van der Waals surface area contributed by atoms with Gasteiger partial charge in [0.1, 0.15) is 5.75 Å². The van der Waals surface area contributed by atoms with Crippen molar-refractivity contribution in [1.29, 1.82) is 0 Å². The minimum Gasteiger partial charge on any atom is -0.497 e. The molecule has 0 amide bonds. The van der Waals surface area contributed by atoms with Crippen LogP contribution >= 0.6 is 0 Å². The fraction of sp³-hybridized carbons (Fsp3) is 0.455. The van der Waals surface area contributed by atoms with Crippen LogP contribution in [-0.2, 0) is 9.84 Å². The van der Waals surface area contributed by atoms with Crippen LogP contribution in [0.15, 0.2) is 24.3 Å². The molecule has 0 saturated heterocycles. The first kappa shape index (κ1) is 12.8. The lowest BCUT2D eigenvalue weighted by molar-refractivity contribution is 0.415. The lowest BCUT2D eigenvalue weighted by Crippen LogP contribution is -2.17. The Bertz CT molecular complexity index is 429. The number of anilines is 1. The van der Waals surface area contributed by atoms with Gasteiger partial charge in [0.2, 0.25) is 0 Å². The summed E-state index contributed by atoms with van der Waals surface area (Å²) in [5, 5.41) is 3.05. The minimum absolute atomic E-state index is 0.153. The predicted molar refractivity (Wildman–Crippen MR) is 65.8 cm³/mol. The van der Waals surface area contributed by atoms with Gasteiger partial charge in [-0.05, 0) is 12.1 Å². The maximum atomic E-state index is 11.2. The zero-order valence-electron chi connectivity index (χ0n) is 9.56. The van der Waals surface area contributed by atoms with Crippen LogP contribution in [0.1, 0.15) is 6.92 Å². The lowest BCUT2D eigenvalue weighted by atomic mass is 10.3. The molecule has 0 aliphatic rings. The Morgan fingerprint density at radius 1 is 1.38 bits per heavy atom. The van der Waals surface area contributed by atoms with E-state index >= 15 is 0 Å². The second-order valence-electron chi connectivity index (χ2n) is 3.40. The topological polar surface area (TPSA) is 55.4 Å². The van der Waals surface area contributed by atoms with Crippen LogP contribution in [0.4, 0.5) is 5.69 Å². The van der Waals surface area contributed by atoms with Gasteiger partial charge in [-0.15, -0.1) is 0 Å². The summed E-state index contributed by atoms with van der Waals surface area (Å²) in [6.07, 6.45) is 0. The molecule has 0 heterocycles. The first-order valence-corrected chi connectivity index (χ1v) is 6.98. The van der Waals surface area contributed by atoms with Gasteiger partial charge >= 0.3 is 0 Å². The van der Waals surface area contributed by atoms with Crippen LogP contribution in [-0.4, -0.2) is 33.6 Å². The predicted octanol–water partition coefficient (Wildman–Crippen LogP) is 1.54. The quantitative estimate of drug-likeness (QED) is 0.823. The van der Waals surface area contributed by atoms with Crippen molar-refractivity contribution in [2.75, 3.05) is 30.5 Å². The number of methoxy groups -OCH3 is 1. The SMILES string of the molecule is CCS(=O)(=O)CCNc1cccc(OC)c1. The molecule has 1 rings (SSSR count). The fourth-order valence-corrected chi connectivity index (χ4v) is 1.93. The normalized spacial score (nSPS) is 11.1. The van der Waals surface area contributed by atoms with Crippen molar-refractivity contribution in [3.05, 3.63) is 24.3 Å². The summed E-state index contributed by atoms with van der Waals surface area (Å²) in [4.78, 5) is 0. The minimum atomic E-state index is -2.90. The van der Waals surface area contributed by atoms with Gasteiger partial charge in [0.25, 0.3) is 0 Å². The summed E-state index contributed by atoms with van der Waals surface area (Å²) < 4.78 is 27.6. The number of benzene rings is 1. The molecule has 0 fully saturated rings. The molecule has 1 N–H and O–H groups in total. The number of hydrogen-bond acceptors (Lipinski definition) is 4. The van der Waals surface area contributed by atoms with E-state index in [-0.39, 0.29) is 11.5 Å². The molecule has 16 heavy (non-hydrogen) atoms. The van der Waals surface area contributed by atoms with Gasteiger partial charge < -0.3 is 10.1 Å². The molecule has 0 aliphatic carbocycles. The van der Waals surface area contributed by atoms with Crippen LogP contribution in [0.5, 0.6) is 5.75 Å². The molecule has 0 atom stereocenters. The van der Waals surface area contributed by atoms with Crippen molar-refractivity contribution in [3.8, 4) is 5.75 Å². The molecule has 0 aromatic heterocycles. The highest BCUT2D eigenvalue weighted by atomic mass is 32.2. The smallest absolute Gasteiger partial charge is 0.151 e. The van der Waals surface area contributed by atoms with E-state index in [0.717, 1.165) is 11.4 Å². The second kappa shape index (κ2) is 5.75. The number of sulfone groups is 1. The molecule has 0 saturated carbocycles. The molecular weight excluding hydrogens is 226 g/mol. The summed E-state index contributed by atoms with van der Waals surface area (Å²) >= 11 is 0. The highest BCUT2D eigenvalue weighted by Crippen LogP contribution is 2.16. The molecule has 0 aliphatic heterocycles. The van der Waals surface area contributed by atoms with E-state index in [0.29, 0.717) is 6.54 Å². The van der Waals surface area contributed by atoms with Gasteiger partial charge in [-0.25, -0.2) is 8.42 Å². The van der Waals surface area contributed by atoms with Crippen molar-refractivity contribution in [2.24, 2.45) is 0 Å². The fourth-order valence-electron chi connectivity index (χ4n) is 1.23. The van der Waals surface area contributed by atoms with Gasteiger partial charge in [-0.2, -0.15) is 0 Å². The van der Waals surface area contributed by atoms with Gasteiger partial charge in [-0.3, -0.25) is 0 Å². The van der Waals surface area contributed by atoms with E-state index in [1.54, 1.807) is 14.0 Å². The van der Waals surface area contributed by atoms with Crippen LogP contribution in [0, 0.1) is 0 Å². The third kappa shape index (κ3) is 4.10. The molecule has 4 nitrogen and oxygen atoms in total. The maximum Gasteiger partial charge on any atom is 0.151 e. The monoisotopic (exact) mass is 243 g/mol. The van der Waals surface area contributed by atoms with Gasteiger partial charge in [0.05, 0.1) is 12.9 Å². The molecule has 5 heteroatoms. The first-order chi connectivity index (χ1) is 7.57. The Morgan fingerprint density at radius 2 is 2.12 bits per heavy atom. The summed E-state index contributed by atoms with van der Waals surface area (Å²) in [7, 11) is -1.30. The number of ether oxygens (including phenoxy) is 1. The number of nitrogens with one attached hydrogen (secondary N) is 1. The van der Waals surface area contributed by atoms with Gasteiger partial charge in [0, 0.05) is 24.1 Å². The third-order valence-electron chi connectivity index (χ3n) is 2.25. The molecule has 1 aromatic rings. The Labute approximate surface area is 96.5 Å². The van der Waals surface area contributed by atoms with Crippen LogP contribution in [0.2, 0.25) is 0 Å². The molecular formula is C11H17NO3S. The lowest BCUT2D eigenvalue weighted by Gasteiger charge is -2.07. The molecule has 0 unspecified atom stereocenters. The van der Waals surface area contributed by atoms with Crippen molar-refractivity contribution >= 4 is 15.5 Å².